The van der Waals surface area contributed by atoms with Gasteiger partial charge in [0.1, 0.15) is 0 Å². The molecule has 6 atom stereocenters. The van der Waals surface area contributed by atoms with E-state index in [1.807, 2.05) is 13.8 Å². The Morgan fingerprint density at radius 1 is 0.562 bits per heavy atom. The molecule has 0 saturated carbocycles. The van der Waals surface area contributed by atoms with Crippen LogP contribution in [0.5, 0.6) is 0 Å². The van der Waals surface area contributed by atoms with Gasteiger partial charge in [0.25, 0.3) is 0 Å². The summed E-state index contributed by atoms with van der Waals surface area (Å²) in [5.41, 5.74) is 11.7. The Hall–Kier alpha value is -0.160. The fraction of sp³-hybridized carbons (Fsp3) is 1.00. The van der Waals surface area contributed by atoms with Gasteiger partial charge in [0, 0.05) is 36.3 Å². The highest BCUT2D eigenvalue weighted by Crippen LogP contribution is 1.99. The van der Waals surface area contributed by atoms with Crippen molar-refractivity contribution in [2.75, 3.05) is 0 Å². The van der Waals surface area contributed by atoms with Gasteiger partial charge in [-0.3, -0.25) is 0 Å². The van der Waals surface area contributed by atoms with Crippen LogP contribution in [0.2, 0.25) is 0 Å². The zero-order valence-electron chi connectivity index (χ0n) is 11.6. The van der Waals surface area contributed by atoms with Gasteiger partial charge >= 0.3 is 0 Å². The van der Waals surface area contributed by atoms with E-state index >= 15 is 0 Å². The predicted molar refractivity (Wildman–Crippen MR) is 71.4 cm³/mol. The van der Waals surface area contributed by atoms with Crippen LogP contribution >= 0.6 is 0 Å². The van der Waals surface area contributed by atoms with Gasteiger partial charge in [-0.25, -0.2) is 0 Å². The van der Waals surface area contributed by atoms with Gasteiger partial charge in [-0.1, -0.05) is 0 Å². The molecule has 0 rings (SSSR count). The second-order valence-electron chi connectivity index (χ2n) is 5.21. The summed E-state index contributed by atoms with van der Waals surface area (Å²) in [5.74, 6) is 0. The molecule has 0 saturated heterocycles. The van der Waals surface area contributed by atoms with E-state index in [-0.39, 0.29) is 12.1 Å². The van der Waals surface area contributed by atoms with Crippen LogP contribution in [0.4, 0.5) is 0 Å². The van der Waals surface area contributed by atoms with Crippen LogP contribution in [0, 0.1) is 0 Å². The fourth-order valence-electron chi connectivity index (χ4n) is 1.42. The third-order valence-corrected chi connectivity index (χ3v) is 3.38. The van der Waals surface area contributed by atoms with Gasteiger partial charge in [0.2, 0.25) is 0 Å². The van der Waals surface area contributed by atoms with Gasteiger partial charge in [-0.15, -0.1) is 0 Å². The number of rotatable bonds is 7. The first-order chi connectivity index (χ1) is 7.25. The summed E-state index contributed by atoms with van der Waals surface area (Å²) in [6, 6.07) is 1.74. The summed E-state index contributed by atoms with van der Waals surface area (Å²) in [7, 11) is 0. The van der Waals surface area contributed by atoms with Gasteiger partial charge in [0.05, 0.1) is 0 Å². The average Bonchev–Trinajstić information content (AvgIpc) is 2.16. The van der Waals surface area contributed by atoms with Crippen molar-refractivity contribution in [2.45, 2.75) is 77.8 Å². The van der Waals surface area contributed by atoms with Crippen molar-refractivity contribution < 1.29 is 0 Å². The van der Waals surface area contributed by atoms with Crippen LogP contribution in [0.15, 0.2) is 0 Å². The van der Waals surface area contributed by atoms with E-state index in [4.69, 9.17) is 11.5 Å². The third-order valence-electron chi connectivity index (χ3n) is 3.38. The Morgan fingerprint density at radius 3 is 1.00 bits per heavy atom. The Labute approximate surface area is 101 Å². The van der Waals surface area contributed by atoms with Crippen LogP contribution < -0.4 is 22.1 Å². The summed E-state index contributed by atoms with van der Waals surface area (Å²) < 4.78 is 0. The van der Waals surface area contributed by atoms with E-state index in [1.165, 1.54) is 0 Å². The SMILES string of the molecule is CC(N)C(C)NC(C)C(C)NC(C)C(C)N. The maximum atomic E-state index is 5.83. The Morgan fingerprint density at radius 2 is 0.812 bits per heavy atom. The molecule has 0 radical (unpaired) electrons. The first kappa shape index (κ1) is 15.8. The molecule has 4 heteroatoms. The molecule has 0 aromatic carbocycles. The molecular weight excluding hydrogens is 200 g/mol. The highest BCUT2D eigenvalue weighted by Gasteiger charge is 2.18. The lowest BCUT2D eigenvalue weighted by Crippen LogP contribution is -2.55. The van der Waals surface area contributed by atoms with Crippen molar-refractivity contribution in [1.29, 1.82) is 0 Å². The van der Waals surface area contributed by atoms with E-state index in [1.54, 1.807) is 0 Å². The lowest BCUT2D eigenvalue weighted by atomic mass is 10.1. The molecule has 6 N–H and O–H groups in total. The van der Waals surface area contributed by atoms with Crippen molar-refractivity contribution in [2.24, 2.45) is 11.5 Å². The number of nitrogens with one attached hydrogen (secondary N) is 2. The van der Waals surface area contributed by atoms with Crippen molar-refractivity contribution in [1.82, 2.24) is 10.6 Å². The lowest BCUT2D eigenvalue weighted by molar-refractivity contribution is 0.324. The minimum atomic E-state index is 0.167. The number of hydrogen-bond acceptors (Lipinski definition) is 4. The van der Waals surface area contributed by atoms with Crippen molar-refractivity contribution in [3.63, 3.8) is 0 Å². The summed E-state index contributed by atoms with van der Waals surface area (Å²) in [5, 5.41) is 6.99. The smallest absolute Gasteiger partial charge is 0.0193 e. The minimum absolute atomic E-state index is 0.167. The average molecular weight is 230 g/mol. The first-order valence-corrected chi connectivity index (χ1v) is 6.29. The van der Waals surface area contributed by atoms with Crippen molar-refractivity contribution in [3.05, 3.63) is 0 Å². The predicted octanol–water partition coefficient (Wildman–Crippen LogP) is 0.414. The van der Waals surface area contributed by atoms with E-state index < -0.39 is 0 Å². The van der Waals surface area contributed by atoms with Crippen LogP contribution in [0.25, 0.3) is 0 Å². The molecule has 0 aliphatic rings. The molecule has 0 aromatic heterocycles. The maximum absolute atomic E-state index is 5.83. The molecule has 98 valence electrons. The first-order valence-electron chi connectivity index (χ1n) is 6.29. The molecule has 4 nitrogen and oxygen atoms in total. The zero-order chi connectivity index (χ0) is 12.9. The molecule has 0 aliphatic carbocycles. The van der Waals surface area contributed by atoms with E-state index in [0.29, 0.717) is 24.2 Å². The number of hydrogen-bond donors (Lipinski definition) is 4. The summed E-state index contributed by atoms with van der Waals surface area (Å²) >= 11 is 0. The molecule has 16 heavy (non-hydrogen) atoms. The molecular formula is C12H30N4. The summed E-state index contributed by atoms with van der Waals surface area (Å²) in [4.78, 5) is 0. The number of nitrogens with two attached hydrogens (primary N) is 2. The van der Waals surface area contributed by atoms with E-state index in [9.17, 15) is 0 Å². The fourth-order valence-corrected chi connectivity index (χ4v) is 1.42. The Balaban J connectivity index is 4.03. The van der Waals surface area contributed by atoms with E-state index in [0.717, 1.165) is 0 Å². The second-order valence-corrected chi connectivity index (χ2v) is 5.21. The largest absolute Gasteiger partial charge is 0.327 e. The standard InChI is InChI=1S/C12H30N4/c1-7(13)9(3)15-11(5)12(6)16-10(4)8(2)14/h7-12,15-16H,13-14H2,1-6H3. The van der Waals surface area contributed by atoms with Gasteiger partial charge in [-0.2, -0.15) is 0 Å². The third kappa shape index (κ3) is 5.80. The molecule has 0 amide bonds. The highest BCUT2D eigenvalue weighted by atomic mass is 15.1. The molecule has 6 unspecified atom stereocenters. The lowest BCUT2D eigenvalue weighted by Gasteiger charge is -2.31. The van der Waals surface area contributed by atoms with Crippen LogP contribution in [0.1, 0.15) is 41.5 Å². The Kier molecular flexibility index (Phi) is 7.15. The molecule has 0 heterocycles. The van der Waals surface area contributed by atoms with E-state index in [2.05, 4.69) is 38.3 Å². The quantitative estimate of drug-likeness (QED) is 0.511. The van der Waals surface area contributed by atoms with Gasteiger partial charge in [0.15, 0.2) is 0 Å². The molecule has 0 spiro atoms. The molecule has 0 aliphatic heterocycles. The summed E-state index contributed by atoms with van der Waals surface area (Å²) in [6.07, 6.45) is 0. The van der Waals surface area contributed by atoms with Crippen molar-refractivity contribution >= 4 is 0 Å². The monoisotopic (exact) mass is 230 g/mol. The normalized spacial score (nSPS) is 23.2. The molecule has 0 fully saturated rings. The highest BCUT2D eigenvalue weighted by molar-refractivity contribution is 4.83. The zero-order valence-corrected chi connectivity index (χ0v) is 11.6. The maximum Gasteiger partial charge on any atom is 0.0193 e. The van der Waals surface area contributed by atoms with Gasteiger partial charge in [-0.05, 0) is 41.5 Å². The molecule has 0 bridgehead atoms. The summed E-state index contributed by atoms with van der Waals surface area (Å²) in [6.45, 7) is 12.6. The van der Waals surface area contributed by atoms with Crippen LogP contribution in [0.3, 0.4) is 0 Å². The minimum Gasteiger partial charge on any atom is -0.327 e. The molecule has 0 aromatic rings. The van der Waals surface area contributed by atoms with Gasteiger partial charge < -0.3 is 22.1 Å². The van der Waals surface area contributed by atoms with Crippen molar-refractivity contribution in [3.8, 4) is 0 Å². The second kappa shape index (κ2) is 7.22. The Bertz CT molecular complexity index is 162. The topological polar surface area (TPSA) is 76.1 Å². The van der Waals surface area contributed by atoms with Crippen LogP contribution in [-0.4, -0.2) is 36.3 Å². The van der Waals surface area contributed by atoms with Crippen LogP contribution in [-0.2, 0) is 0 Å².